The molecule has 0 aliphatic carbocycles. The number of amides is 1. The van der Waals surface area contributed by atoms with Crippen molar-refractivity contribution in [3.8, 4) is 0 Å². The van der Waals surface area contributed by atoms with Gasteiger partial charge in [0, 0.05) is 6.54 Å². The molecule has 0 radical (unpaired) electrons. The van der Waals surface area contributed by atoms with Gasteiger partial charge in [0.1, 0.15) is 5.60 Å². The summed E-state index contributed by atoms with van der Waals surface area (Å²) in [5.41, 5.74) is -0.539. The van der Waals surface area contributed by atoms with Crippen LogP contribution in [0, 0.1) is 5.41 Å². The maximum Gasteiger partial charge on any atom is 0.410 e. The number of carbonyl (C=O) groups excluding carboxylic acids is 1. The standard InChI is InChI=1S/C13H25NO3/c1-12(2,3)17-11(16)14-8-6-7-13(4,5)10(14)9-15/h10,15H,6-9H2,1-5H3. The van der Waals surface area contributed by atoms with E-state index >= 15 is 0 Å². The summed E-state index contributed by atoms with van der Waals surface area (Å²) in [6, 6.07) is -0.147. The van der Waals surface area contributed by atoms with Crippen LogP contribution in [-0.4, -0.2) is 40.9 Å². The van der Waals surface area contributed by atoms with Gasteiger partial charge in [-0.2, -0.15) is 0 Å². The lowest BCUT2D eigenvalue weighted by Gasteiger charge is -2.45. The average Bonchev–Trinajstić information content (AvgIpc) is 2.13. The molecule has 17 heavy (non-hydrogen) atoms. The van der Waals surface area contributed by atoms with Gasteiger partial charge in [0.05, 0.1) is 12.6 Å². The highest BCUT2D eigenvalue weighted by molar-refractivity contribution is 5.68. The smallest absolute Gasteiger partial charge is 0.410 e. The zero-order chi connectivity index (χ0) is 13.3. The minimum absolute atomic E-state index is 0.00770. The van der Waals surface area contributed by atoms with Crippen molar-refractivity contribution in [2.75, 3.05) is 13.2 Å². The summed E-state index contributed by atoms with van der Waals surface area (Å²) in [5.74, 6) is 0. The predicted molar refractivity (Wildman–Crippen MR) is 66.8 cm³/mol. The first kappa shape index (κ1) is 14.3. The molecule has 1 rings (SSSR count). The summed E-state index contributed by atoms with van der Waals surface area (Å²) < 4.78 is 5.38. The third-order valence-corrected chi connectivity index (χ3v) is 3.30. The lowest BCUT2D eigenvalue weighted by molar-refractivity contribution is -0.0302. The van der Waals surface area contributed by atoms with Gasteiger partial charge in [0.25, 0.3) is 0 Å². The van der Waals surface area contributed by atoms with Gasteiger partial charge in [-0.25, -0.2) is 4.79 Å². The molecule has 1 unspecified atom stereocenters. The van der Waals surface area contributed by atoms with Crippen molar-refractivity contribution >= 4 is 6.09 Å². The van der Waals surface area contributed by atoms with Gasteiger partial charge in [-0.3, -0.25) is 0 Å². The van der Waals surface area contributed by atoms with Crippen molar-refractivity contribution in [3.05, 3.63) is 0 Å². The molecule has 1 amide bonds. The largest absolute Gasteiger partial charge is 0.444 e. The van der Waals surface area contributed by atoms with Crippen LogP contribution in [0.5, 0.6) is 0 Å². The van der Waals surface area contributed by atoms with E-state index in [1.54, 1.807) is 4.90 Å². The maximum absolute atomic E-state index is 12.1. The summed E-state index contributed by atoms with van der Waals surface area (Å²) >= 11 is 0. The fourth-order valence-corrected chi connectivity index (χ4v) is 2.33. The first-order valence-corrected chi connectivity index (χ1v) is 6.28. The van der Waals surface area contributed by atoms with E-state index in [9.17, 15) is 9.90 Å². The summed E-state index contributed by atoms with van der Waals surface area (Å²) in [7, 11) is 0. The minimum atomic E-state index is -0.487. The first-order chi connectivity index (χ1) is 7.67. The molecule has 0 spiro atoms. The molecule has 0 bridgehead atoms. The molecule has 4 heteroatoms. The van der Waals surface area contributed by atoms with Gasteiger partial charge >= 0.3 is 6.09 Å². The molecule has 0 aromatic rings. The molecular formula is C13H25NO3. The molecule has 1 fully saturated rings. The lowest BCUT2D eigenvalue weighted by Crippen LogP contribution is -2.55. The van der Waals surface area contributed by atoms with E-state index in [4.69, 9.17) is 4.74 Å². The van der Waals surface area contributed by atoms with E-state index in [-0.39, 0.29) is 24.2 Å². The Bertz CT molecular complexity index is 281. The number of rotatable bonds is 1. The fourth-order valence-electron chi connectivity index (χ4n) is 2.33. The Morgan fingerprint density at radius 1 is 1.47 bits per heavy atom. The Morgan fingerprint density at radius 2 is 2.06 bits per heavy atom. The van der Waals surface area contributed by atoms with Gasteiger partial charge in [0.2, 0.25) is 0 Å². The van der Waals surface area contributed by atoms with Crippen molar-refractivity contribution in [1.82, 2.24) is 4.90 Å². The van der Waals surface area contributed by atoms with Crippen LogP contribution in [0.25, 0.3) is 0 Å². The van der Waals surface area contributed by atoms with Gasteiger partial charge in [-0.05, 0) is 39.0 Å². The Labute approximate surface area is 104 Å². The van der Waals surface area contributed by atoms with Gasteiger partial charge < -0.3 is 14.7 Å². The second kappa shape index (κ2) is 4.84. The molecule has 100 valence electrons. The highest BCUT2D eigenvalue weighted by atomic mass is 16.6. The lowest BCUT2D eigenvalue weighted by atomic mass is 9.77. The molecule has 1 aliphatic heterocycles. The van der Waals surface area contributed by atoms with Crippen molar-refractivity contribution < 1.29 is 14.6 Å². The number of ether oxygens (including phenoxy) is 1. The molecule has 1 saturated heterocycles. The molecule has 1 atom stereocenters. The fraction of sp³-hybridized carbons (Fsp3) is 0.923. The van der Waals surface area contributed by atoms with Crippen LogP contribution in [-0.2, 0) is 4.74 Å². The first-order valence-electron chi connectivity index (χ1n) is 6.28. The third kappa shape index (κ3) is 3.60. The third-order valence-electron chi connectivity index (χ3n) is 3.30. The molecule has 1 aliphatic rings. The van der Waals surface area contributed by atoms with Gasteiger partial charge in [-0.1, -0.05) is 13.8 Å². The number of aliphatic hydroxyl groups is 1. The topological polar surface area (TPSA) is 49.8 Å². The molecule has 1 heterocycles. The van der Waals surface area contributed by atoms with Crippen LogP contribution in [0.15, 0.2) is 0 Å². The van der Waals surface area contributed by atoms with E-state index in [0.717, 1.165) is 12.8 Å². The van der Waals surface area contributed by atoms with Crippen LogP contribution >= 0.6 is 0 Å². The maximum atomic E-state index is 12.1. The van der Waals surface area contributed by atoms with Gasteiger partial charge in [0.15, 0.2) is 0 Å². The van der Waals surface area contributed by atoms with Crippen LogP contribution < -0.4 is 0 Å². The number of hydrogen-bond donors (Lipinski definition) is 1. The SMILES string of the molecule is CC(C)(C)OC(=O)N1CCCC(C)(C)C1CO. The van der Waals surface area contributed by atoms with Crippen LogP contribution in [0.1, 0.15) is 47.5 Å². The minimum Gasteiger partial charge on any atom is -0.444 e. The number of aliphatic hydroxyl groups excluding tert-OH is 1. The summed E-state index contributed by atoms with van der Waals surface area (Å²) in [4.78, 5) is 13.7. The second-order valence-corrected chi connectivity index (χ2v) is 6.46. The van der Waals surface area contributed by atoms with Crippen molar-refractivity contribution in [1.29, 1.82) is 0 Å². The van der Waals surface area contributed by atoms with Crippen molar-refractivity contribution in [3.63, 3.8) is 0 Å². The molecule has 0 aromatic heterocycles. The summed E-state index contributed by atoms with van der Waals surface area (Å²) in [6.45, 7) is 10.4. The zero-order valence-corrected chi connectivity index (χ0v) is 11.6. The van der Waals surface area contributed by atoms with E-state index in [2.05, 4.69) is 13.8 Å². The van der Waals surface area contributed by atoms with Gasteiger partial charge in [-0.15, -0.1) is 0 Å². The van der Waals surface area contributed by atoms with Crippen molar-refractivity contribution in [2.24, 2.45) is 5.41 Å². The Morgan fingerprint density at radius 3 is 2.53 bits per heavy atom. The Kier molecular flexibility index (Phi) is 4.07. The molecule has 4 nitrogen and oxygen atoms in total. The van der Waals surface area contributed by atoms with Crippen molar-refractivity contribution in [2.45, 2.75) is 59.1 Å². The van der Waals surface area contributed by atoms with E-state index in [1.807, 2.05) is 20.8 Å². The highest BCUT2D eigenvalue weighted by Crippen LogP contribution is 2.35. The Hall–Kier alpha value is -0.770. The zero-order valence-electron chi connectivity index (χ0n) is 11.6. The Balaban J connectivity index is 2.78. The summed E-state index contributed by atoms with van der Waals surface area (Å²) in [5, 5.41) is 9.49. The predicted octanol–water partition coefficient (Wildman–Crippen LogP) is 2.40. The van der Waals surface area contributed by atoms with Crippen LogP contribution in [0.4, 0.5) is 4.79 Å². The molecule has 1 N–H and O–H groups in total. The summed E-state index contributed by atoms with van der Waals surface area (Å²) in [6.07, 6.45) is 1.67. The average molecular weight is 243 g/mol. The monoisotopic (exact) mass is 243 g/mol. The number of nitrogens with zero attached hydrogens (tertiary/aromatic N) is 1. The van der Waals surface area contributed by atoms with E-state index in [0.29, 0.717) is 6.54 Å². The molecular weight excluding hydrogens is 218 g/mol. The number of likely N-dealkylation sites (tertiary alicyclic amines) is 1. The number of hydrogen-bond acceptors (Lipinski definition) is 3. The number of piperidine rings is 1. The second-order valence-electron chi connectivity index (χ2n) is 6.46. The van der Waals surface area contributed by atoms with Crippen LogP contribution in [0.3, 0.4) is 0 Å². The normalized spacial score (nSPS) is 24.6. The van der Waals surface area contributed by atoms with Crippen LogP contribution in [0.2, 0.25) is 0 Å². The molecule has 0 aromatic carbocycles. The molecule has 0 saturated carbocycles. The van der Waals surface area contributed by atoms with E-state index < -0.39 is 5.60 Å². The quantitative estimate of drug-likeness (QED) is 0.769. The van der Waals surface area contributed by atoms with E-state index in [1.165, 1.54) is 0 Å². The number of carbonyl (C=O) groups is 1. The highest BCUT2D eigenvalue weighted by Gasteiger charge is 2.40.